The van der Waals surface area contributed by atoms with Gasteiger partial charge in [-0.15, -0.1) is 0 Å². The van der Waals surface area contributed by atoms with Gasteiger partial charge in [-0.05, 0) is 79.6 Å². The molecule has 1 heterocycles. The summed E-state index contributed by atoms with van der Waals surface area (Å²) in [6.45, 7) is 5.78. The number of nitrogens with zero attached hydrogens (tertiary/aromatic N) is 1. The van der Waals surface area contributed by atoms with Gasteiger partial charge in [0.05, 0.1) is 0 Å². The third kappa shape index (κ3) is 3.20. The first-order chi connectivity index (χ1) is 12.5. The highest BCUT2D eigenvalue weighted by Crippen LogP contribution is 2.33. The Bertz CT molecular complexity index is 834. The van der Waals surface area contributed by atoms with E-state index in [0.717, 1.165) is 66.8 Å². The number of carbonyl (C=O) groups excluding carboxylic acids is 1. The first-order valence-electron chi connectivity index (χ1n) is 9.45. The molecule has 136 valence electrons. The molecular weight excluding hydrogens is 327 g/mol. The number of carbonyl (C=O) groups is 1. The van der Waals surface area contributed by atoms with E-state index in [1.54, 1.807) is 6.07 Å². The maximum atomic E-state index is 13.4. The predicted octanol–water partition coefficient (Wildman–Crippen LogP) is 4.74. The second-order valence-electron chi connectivity index (χ2n) is 7.66. The Morgan fingerprint density at radius 1 is 1.12 bits per heavy atom. The van der Waals surface area contributed by atoms with E-state index < -0.39 is 0 Å². The van der Waals surface area contributed by atoms with E-state index in [-0.39, 0.29) is 17.6 Å². The van der Waals surface area contributed by atoms with Crippen molar-refractivity contribution in [1.29, 1.82) is 0 Å². The molecule has 0 spiro atoms. The Balaban J connectivity index is 1.54. The third-order valence-corrected chi connectivity index (χ3v) is 5.79. The van der Waals surface area contributed by atoms with Gasteiger partial charge in [0.25, 0.3) is 0 Å². The lowest BCUT2D eigenvalue weighted by Gasteiger charge is -2.32. The lowest BCUT2D eigenvalue weighted by molar-refractivity contribution is -0.122. The van der Waals surface area contributed by atoms with E-state index in [2.05, 4.69) is 36.2 Å². The molecule has 26 heavy (non-hydrogen) atoms. The van der Waals surface area contributed by atoms with Gasteiger partial charge in [0.1, 0.15) is 5.82 Å². The largest absolute Gasteiger partial charge is 0.367 e. The number of halogens is 1. The van der Waals surface area contributed by atoms with Crippen molar-refractivity contribution in [2.75, 3.05) is 16.8 Å². The molecule has 1 fully saturated rings. The van der Waals surface area contributed by atoms with Crippen LogP contribution in [0.4, 0.5) is 15.8 Å². The molecule has 2 aliphatic rings. The van der Waals surface area contributed by atoms with Crippen LogP contribution in [-0.4, -0.2) is 12.5 Å². The Labute approximate surface area is 154 Å². The van der Waals surface area contributed by atoms with Gasteiger partial charge in [0.2, 0.25) is 5.91 Å². The van der Waals surface area contributed by atoms with E-state index >= 15 is 0 Å². The van der Waals surface area contributed by atoms with E-state index in [1.807, 2.05) is 6.07 Å². The van der Waals surface area contributed by atoms with Crippen molar-refractivity contribution in [1.82, 2.24) is 0 Å². The maximum Gasteiger partial charge on any atom is 0.227 e. The summed E-state index contributed by atoms with van der Waals surface area (Å²) in [5.41, 5.74) is 6.60. The molecule has 0 aromatic heterocycles. The van der Waals surface area contributed by atoms with Crippen molar-refractivity contribution in [3.63, 3.8) is 0 Å². The van der Waals surface area contributed by atoms with Gasteiger partial charge < -0.3 is 10.2 Å². The minimum atomic E-state index is -0.157. The highest BCUT2D eigenvalue weighted by molar-refractivity contribution is 5.94. The van der Waals surface area contributed by atoms with E-state index in [9.17, 15) is 9.18 Å². The van der Waals surface area contributed by atoms with Gasteiger partial charge >= 0.3 is 0 Å². The predicted molar refractivity (Wildman–Crippen MR) is 103 cm³/mol. The molecule has 4 heteroatoms. The van der Waals surface area contributed by atoms with Crippen LogP contribution in [0.2, 0.25) is 0 Å². The summed E-state index contributed by atoms with van der Waals surface area (Å²) < 4.78 is 13.4. The van der Waals surface area contributed by atoms with Gasteiger partial charge in [-0.25, -0.2) is 4.39 Å². The van der Waals surface area contributed by atoms with Gasteiger partial charge in [-0.2, -0.15) is 0 Å². The first-order valence-corrected chi connectivity index (χ1v) is 9.45. The van der Waals surface area contributed by atoms with Crippen molar-refractivity contribution in [2.24, 2.45) is 5.92 Å². The molecule has 0 atom stereocenters. The Hall–Kier alpha value is -2.36. The number of benzene rings is 2. The highest BCUT2D eigenvalue weighted by atomic mass is 19.1. The molecule has 2 aromatic carbocycles. The van der Waals surface area contributed by atoms with Crippen molar-refractivity contribution < 1.29 is 9.18 Å². The van der Waals surface area contributed by atoms with Crippen LogP contribution in [0.3, 0.4) is 0 Å². The summed E-state index contributed by atoms with van der Waals surface area (Å²) in [4.78, 5) is 14.6. The number of anilines is 2. The summed E-state index contributed by atoms with van der Waals surface area (Å²) in [5, 5.41) is 3.13. The number of rotatable bonds is 3. The Morgan fingerprint density at radius 2 is 1.85 bits per heavy atom. The maximum absolute atomic E-state index is 13.4. The fourth-order valence-corrected chi connectivity index (χ4v) is 3.96. The zero-order valence-corrected chi connectivity index (χ0v) is 15.4. The lowest BCUT2D eigenvalue weighted by Crippen LogP contribution is -2.31. The van der Waals surface area contributed by atoms with Crippen LogP contribution in [0.25, 0.3) is 0 Å². The third-order valence-electron chi connectivity index (χ3n) is 5.79. The smallest absolute Gasteiger partial charge is 0.227 e. The topological polar surface area (TPSA) is 32.3 Å². The van der Waals surface area contributed by atoms with Gasteiger partial charge in [-0.3, -0.25) is 4.79 Å². The molecule has 1 saturated carbocycles. The van der Waals surface area contributed by atoms with Crippen LogP contribution in [0, 0.1) is 25.6 Å². The molecule has 1 aliphatic heterocycles. The molecule has 0 saturated heterocycles. The Morgan fingerprint density at radius 3 is 2.50 bits per heavy atom. The van der Waals surface area contributed by atoms with Crippen molar-refractivity contribution >= 4 is 17.3 Å². The molecule has 3 nitrogen and oxygen atoms in total. The molecular formula is C22H25FN2O. The number of nitrogens with one attached hydrogen (secondary N) is 1. The minimum absolute atomic E-state index is 0.157. The molecule has 1 amide bonds. The van der Waals surface area contributed by atoms with Crippen LogP contribution < -0.4 is 10.2 Å². The summed E-state index contributed by atoms with van der Waals surface area (Å²) >= 11 is 0. The summed E-state index contributed by atoms with van der Waals surface area (Å²) in [5.74, 6) is 0.187. The lowest BCUT2D eigenvalue weighted by atomic mass is 9.84. The number of amides is 1. The fourth-order valence-electron chi connectivity index (χ4n) is 3.96. The van der Waals surface area contributed by atoms with Crippen molar-refractivity contribution in [3.8, 4) is 0 Å². The van der Waals surface area contributed by atoms with Gasteiger partial charge in [-0.1, -0.05) is 12.5 Å². The van der Waals surface area contributed by atoms with E-state index in [0.29, 0.717) is 0 Å². The van der Waals surface area contributed by atoms with Gasteiger partial charge in [0, 0.05) is 30.4 Å². The highest BCUT2D eigenvalue weighted by Gasteiger charge is 2.26. The number of fused-ring (bicyclic) bond motifs is 1. The molecule has 0 unspecified atom stereocenters. The standard InChI is InChI=1S/C22H25FN2O/c1-14-10-20(11-15(2)21(14)24-22(26)16-4-3-5-16)25-9-8-17-12-19(23)7-6-18(17)13-25/h6-7,10-12,16H,3-5,8-9,13H2,1-2H3,(H,24,26). The van der Waals surface area contributed by atoms with E-state index in [4.69, 9.17) is 0 Å². The van der Waals surface area contributed by atoms with Gasteiger partial charge in [0.15, 0.2) is 0 Å². The van der Waals surface area contributed by atoms with Crippen LogP contribution in [-0.2, 0) is 17.8 Å². The van der Waals surface area contributed by atoms with Crippen LogP contribution in [0.5, 0.6) is 0 Å². The Kier molecular flexibility index (Phi) is 4.43. The molecule has 2 aromatic rings. The molecule has 1 N–H and O–H groups in total. The number of aryl methyl sites for hydroxylation is 2. The minimum Gasteiger partial charge on any atom is -0.367 e. The second kappa shape index (κ2) is 6.75. The average Bonchev–Trinajstić information content (AvgIpc) is 2.56. The SMILES string of the molecule is Cc1cc(N2CCc3cc(F)ccc3C2)cc(C)c1NC(=O)C1CCC1. The zero-order chi connectivity index (χ0) is 18.3. The molecule has 0 bridgehead atoms. The number of hydrogen-bond donors (Lipinski definition) is 1. The first kappa shape index (κ1) is 17.1. The van der Waals surface area contributed by atoms with Crippen LogP contribution in [0.15, 0.2) is 30.3 Å². The van der Waals surface area contributed by atoms with E-state index in [1.165, 1.54) is 11.6 Å². The summed E-state index contributed by atoms with van der Waals surface area (Å²) in [6.07, 6.45) is 4.03. The quantitative estimate of drug-likeness (QED) is 0.865. The average molecular weight is 352 g/mol. The van der Waals surface area contributed by atoms with Crippen molar-refractivity contribution in [3.05, 3.63) is 58.4 Å². The van der Waals surface area contributed by atoms with Crippen molar-refractivity contribution in [2.45, 2.75) is 46.1 Å². The second-order valence-corrected chi connectivity index (χ2v) is 7.66. The molecule has 1 aliphatic carbocycles. The summed E-state index contributed by atoms with van der Waals surface area (Å²) in [7, 11) is 0. The van der Waals surface area contributed by atoms with Crippen LogP contribution in [0.1, 0.15) is 41.5 Å². The molecule has 4 rings (SSSR count). The molecule has 0 radical (unpaired) electrons. The summed E-state index contributed by atoms with van der Waals surface area (Å²) in [6, 6.07) is 9.39. The van der Waals surface area contributed by atoms with Crippen LogP contribution >= 0.6 is 0 Å². The monoisotopic (exact) mass is 352 g/mol. The fraction of sp³-hybridized carbons (Fsp3) is 0.409. The normalized spacial score (nSPS) is 16.8. The zero-order valence-electron chi connectivity index (χ0n) is 15.4. The number of hydrogen-bond acceptors (Lipinski definition) is 2.